The lowest BCUT2D eigenvalue weighted by Crippen LogP contribution is -2.32. The smallest absolute Gasteiger partial charge is 0.0414 e. The summed E-state index contributed by atoms with van der Waals surface area (Å²) in [6, 6.07) is 9.96. The van der Waals surface area contributed by atoms with Gasteiger partial charge in [-0.25, -0.2) is 0 Å². The second-order valence-electron chi connectivity index (χ2n) is 5.55. The molecule has 2 nitrogen and oxygen atoms in total. The van der Waals surface area contributed by atoms with E-state index >= 15 is 0 Å². The van der Waals surface area contributed by atoms with Gasteiger partial charge in [-0.3, -0.25) is 0 Å². The van der Waals surface area contributed by atoms with Crippen molar-refractivity contribution in [3.8, 4) is 0 Å². The molecular formula is C18H32N2. The van der Waals surface area contributed by atoms with E-state index in [0.717, 1.165) is 13.0 Å². The molecule has 0 spiro atoms. The molecule has 1 aromatic carbocycles. The molecule has 1 rings (SSSR count). The van der Waals surface area contributed by atoms with Crippen LogP contribution in [-0.4, -0.2) is 19.6 Å². The molecule has 1 N–H and O–H groups in total. The summed E-state index contributed by atoms with van der Waals surface area (Å²) >= 11 is 0. The first kappa shape index (κ1) is 17.0. The van der Waals surface area contributed by atoms with Gasteiger partial charge in [0.1, 0.15) is 0 Å². The molecule has 114 valence electrons. The second-order valence-corrected chi connectivity index (χ2v) is 5.55. The quantitative estimate of drug-likeness (QED) is 0.699. The Balaban J connectivity index is 3.02. The summed E-state index contributed by atoms with van der Waals surface area (Å²) in [6.07, 6.45) is 4.70. The van der Waals surface area contributed by atoms with Gasteiger partial charge in [0.05, 0.1) is 0 Å². The molecule has 0 aliphatic carbocycles. The molecule has 0 aliphatic heterocycles. The van der Waals surface area contributed by atoms with Crippen molar-refractivity contribution in [3.63, 3.8) is 0 Å². The Hall–Kier alpha value is -1.02. The summed E-state index contributed by atoms with van der Waals surface area (Å²) in [6.45, 7) is 10.1. The van der Waals surface area contributed by atoms with E-state index < -0.39 is 0 Å². The predicted octanol–water partition coefficient (Wildman–Crippen LogP) is 4.76. The van der Waals surface area contributed by atoms with E-state index in [2.05, 4.69) is 69.2 Å². The van der Waals surface area contributed by atoms with Crippen molar-refractivity contribution < 1.29 is 0 Å². The highest BCUT2D eigenvalue weighted by molar-refractivity contribution is 5.55. The van der Waals surface area contributed by atoms with Crippen LogP contribution in [0.15, 0.2) is 24.3 Å². The van der Waals surface area contributed by atoms with Crippen LogP contribution >= 0.6 is 0 Å². The SMILES string of the molecule is CCCNC(CC)c1ccccc1N(C)C(CC)CC. The number of hydrogen-bond acceptors (Lipinski definition) is 2. The van der Waals surface area contributed by atoms with Crippen LogP contribution in [0.3, 0.4) is 0 Å². The molecule has 20 heavy (non-hydrogen) atoms. The third-order valence-corrected chi connectivity index (χ3v) is 4.23. The average molecular weight is 276 g/mol. The molecule has 0 fully saturated rings. The van der Waals surface area contributed by atoms with Crippen molar-refractivity contribution in [2.45, 2.75) is 65.5 Å². The Morgan fingerprint density at radius 3 is 2.20 bits per heavy atom. The molecule has 1 atom stereocenters. The molecule has 0 aromatic heterocycles. The molecule has 1 unspecified atom stereocenters. The van der Waals surface area contributed by atoms with Crippen molar-refractivity contribution in [1.82, 2.24) is 5.32 Å². The summed E-state index contributed by atoms with van der Waals surface area (Å²) in [4.78, 5) is 2.46. The number of hydrogen-bond donors (Lipinski definition) is 1. The average Bonchev–Trinajstić information content (AvgIpc) is 2.49. The fraction of sp³-hybridized carbons (Fsp3) is 0.667. The Bertz CT molecular complexity index is 371. The van der Waals surface area contributed by atoms with Crippen LogP contribution in [0, 0.1) is 0 Å². The Morgan fingerprint density at radius 1 is 1.00 bits per heavy atom. The minimum absolute atomic E-state index is 0.461. The van der Waals surface area contributed by atoms with E-state index in [1.165, 1.54) is 30.5 Å². The minimum Gasteiger partial charge on any atom is -0.371 e. The van der Waals surface area contributed by atoms with Gasteiger partial charge in [-0.1, -0.05) is 45.9 Å². The first-order valence-electron chi connectivity index (χ1n) is 8.24. The maximum absolute atomic E-state index is 3.68. The molecule has 0 amide bonds. The topological polar surface area (TPSA) is 15.3 Å². The lowest BCUT2D eigenvalue weighted by molar-refractivity contribution is 0.514. The fourth-order valence-corrected chi connectivity index (χ4v) is 2.93. The summed E-state index contributed by atoms with van der Waals surface area (Å²) in [5.41, 5.74) is 2.83. The zero-order chi connectivity index (χ0) is 15.0. The second kappa shape index (κ2) is 9.02. The van der Waals surface area contributed by atoms with Gasteiger partial charge in [0.2, 0.25) is 0 Å². The third kappa shape index (κ3) is 4.24. The monoisotopic (exact) mass is 276 g/mol. The van der Waals surface area contributed by atoms with Crippen LogP contribution in [0.2, 0.25) is 0 Å². The number of anilines is 1. The molecule has 0 radical (unpaired) electrons. The van der Waals surface area contributed by atoms with E-state index in [4.69, 9.17) is 0 Å². The summed E-state index contributed by atoms with van der Waals surface area (Å²) in [5, 5.41) is 3.68. The highest BCUT2D eigenvalue weighted by atomic mass is 15.1. The molecule has 0 aliphatic rings. The van der Waals surface area contributed by atoms with Crippen LogP contribution in [0.1, 0.15) is 65.0 Å². The van der Waals surface area contributed by atoms with Crippen LogP contribution in [0.25, 0.3) is 0 Å². The Labute approximate surface area is 125 Å². The van der Waals surface area contributed by atoms with Gasteiger partial charge in [0, 0.05) is 24.8 Å². The van der Waals surface area contributed by atoms with E-state index in [0.29, 0.717) is 12.1 Å². The number of benzene rings is 1. The van der Waals surface area contributed by atoms with Crippen molar-refractivity contribution in [3.05, 3.63) is 29.8 Å². The molecule has 0 saturated carbocycles. The van der Waals surface area contributed by atoms with Crippen molar-refractivity contribution in [2.24, 2.45) is 0 Å². The van der Waals surface area contributed by atoms with Gasteiger partial charge in [-0.15, -0.1) is 0 Å². The van der Waals surface area contributed by atoms with Gasteiger partial charge in [-0.05, 0) is 43.9 Å². The van der Waals surface area contributed by atoms with Gasteiger partial charge >= 0.3 is 0 Å². The van der Waals surface area contributed by atoms with Crippen molar-refractivity contribution in [1.29, 1.82) is 0 Å². The van der Waals surface area contributed by atoms with Gasteiger partial charge in [-0.2, -0.15) is 0 Å². The van der Waals surface area contributed by atoms with Crippen LogP contribution in [0.5, 0.6) is 0 Å². The summed E-state index contributed by atoms with van der Waals surface area (Å²) in [5.74, 6) is 0. The minimum atomic E-state index is 0.461. The fourth-order valence-electron chi connectivity index (χ4n) is 2.93. The Kier molecular flexibility index (Phi) is 7.68. The molecule has 0 bridgehead atoms. The van der Waals surface area contributed by atoms with E-state index in [-0.39, 0.29) is 0 Å². The summed E-state index contributed by atoms with van der Waals surface area (Å²) in [7, 11) is 2.24. The molecule has 0 heterocycles. The number of para-hydroxylation sites is 1. The number of rotatable bonds is 9. The first-order valence-corrected chi connectivity index (χ1v) is 8.24. The van der Waals surface area contributed by atoms with Crippen molar-refractivity contribution in [2.75, 3.05) is 18.5 Å². The zero-order valence-corrected chi connectivity index (χ0v) is 13.9. The van der Waals surface area contributed by atoms with Crippen LogP contribution in [-0.2, 0) is 0 Å². The Morgan fingerprint density at radius 2 is 1.65 bits per heavy atom. The predicted molar refractivity (Wildman–Crippen MR) is 90.5 cm³/mol. The molecular weight excluding hydrogens is 244 g/mol. The molecule has 1 aromatic rings. The lowest BCUT2D eigenvalue weighted by atomic mass is 10.00. The standard InChI is InChI=1S/C18H32N2/c1-6-14-19-17(9-4)16-12-10-11-13-18(16)20(5)15(7-2)8-3/h10-13,15,17,19H,6-9,14H2,1-5H3. The van der Waals surface area contributed by atoms with Gasteiger partial charge in [0.15, 0.2) is 0 Å². The van der Waals surface area contributed by atoms with E-state index in [1.807, 2.05) is 0 Å². The van der Waals surface area contributed by atoms with Crippen LogP contribution in [0.4, 0.5) is 5.69 Å². The van der Waals surface area contributed by atoms with E-state index in [1.54, 1.807) is 0 Å². The molecule has 2 heteroatoms. The largest absolute Gasteiger partial charge is 0.371 e. The number of nitrogens with one attached hydrogen (secondary N) is 1. The van der Waals surface area contributed by atoms with E-state index in [9.17, 15) is 0 Å². The summed E-state index contributed by atoms with van der Waals surface area (Å²) < 4.78 is 0. The lowest BCUT2D eigenvalue weighted by Gasteiger charge is -2.32. The first-order chi connectivity index (χ1) is 9.69. The molecule has 0 saturated heterocycles. The normalized spacial score (nSPS) is 12.7. The van der Waals surface area contributed by atoms with Crippen LogP contribution < -0.4 is 10.2 Å². The maximum atomic E-state index is 3.68. The number of nitrogens with zero attached hydrogens (tertiary/aromatic N) is 1. The van der Waals surface area contributed by atoms with Gasteiger partial charge < -0.3 is 10.2 Å². The maximum Gasteiger partial charge on any atom is 0.0414 e. The third-order valence-electron chi connectivity index (χ3n) is 4.23. The highest BCUT2D eigenvalue weighted by Gasteiger charge is 2.18. The van der Waals surface area contributed by atoms with Crippen molar-refractivity contribution >= 4 is 5.69 Å². The highest BCUT2D eigenvalue weighted by Crippen LogP contribution is 2.29. The zero-order valence-electron chi connectivity index (χ0n) is 13.9. The van der Waals surface area contributed by atoms with Gasteiger partial charge in [0.25, 0.3) is 0 Å².